The van der Waals surface area contributed by atoms with Crippen LogP contribution in [0.1, 0.15) is 18.1 Å². The van der Waals surface area contributed by atoms with Gasteiger partial charge in [-0.1, -0.05) is 30.3 Å². The summed E-state index contributed by atoms with van der Waals surface area (Å²) in [5, 5.41) is 3.41. The van der Waals surface area contributed by atoms with Crippen LogP contribution in [0.5, 0.6) is 11.6 Å². The Kier molecular flexibility index (Phi) is 4.36. The monoisotopic (exact) mass is 284 g/mol. The number of nitrogens with zero attached hydrogens (tertiary/aromatic N) is 1. The maximum Gasteiger partial charge on any atom is 0.256 e. The predicted octanol–water partition coefficient (Wildman–Crippen LogP) is 2.82. The number of methoxy groups -OCH3 is 1. The zero-order chi connectivity index (χ0) is 14.5. The Bertz CT molecular complexity index is 568. The molecule has 1 N–H and O–H groups in total. The highest BCUT2D eigenvalue weighted by Crippen LogP contribution is 2.35. The SMILES string of the molecule is COc1ncccc1OC(c1ccccc1)C1CCNC1. The summed E-state index contributed by atoms with van der Waals surface area (Å²) in [5.74, 6) is 1.68. The summed E-state index contributed by atoms with van der Waals surface area (Å²) in [6.45, 7) is 2.02. The molecule has 2 aromatic rings. The molecule has 1 fully saturated rings. The first kappa shape index (κ1) is 13.9. The molecule has 2 heterocycles. The van der Waals surface area contributed by atoms with Gasteiger partial charge in [-0.2, -0.15) is 0 Å². The molecule has 1 aliphatic rings. The summed E-state index contributed by atoms with van der Waals surface area (Å²) in [7, 11) is 1.61. The van der Waals surface area contributed by atoms with Crippen molar-refractivity contribution in [2.24, 2.45) is 5.92 Å². The van der Waals surface area contributed by atoms with Gasteiger partial charge in [-0.15, -0.1) is 0 Å². The fourth-order valence-electron chi connectivity index (χ4n) is 2.77. The summed E-state index contributed by atoms with van der Waals surface area (Å²) in [6.07, 6.45) is 2.84. The second kappa shape index (κ2) is 6.59. The highest BCUT2D eigenvalue weighted by atomic mass is 16.5. The lowest BCUT2D eigenvalue weighted by atomic mass is 9.95. The summed E-state index contributed by atoms with van der Waals surface area (Å²) in [4.78, 5) is 4.21. The Hall–Kier alpha value is -2.07. The fraction of sp³-hybridized carbons (Fsp3) is 0.353. The maximum atomic E-state index is 6.28. The van der Waals surface area contributed by atoms with E-state index in [2.05, 4.69) is 34.6 Å². The normalized spacial score (nSPS) is 19.2. The van der Waals surface area contributed by atoms with Gasteiger partial charge in [0.05, 0.1) is 7.11 Å². The van der Waals surface area contributed by atoms with Gasteiger partial charge in [0.2, 0.25) is 0 Å². The Morgan fingerprint density at radius 1 is 1.19 bits per heavy atom. The minimum atomic E-state index is 0.0132. The molecule has 1 aliphatic heterocycles. The lowest BCUT2D eigenvalue weighted by molar-refractivity contribution is 0.138. The molecule has 0 amide bonds. The topological polar surface area (TPSA) is 43.4 Å². The molecule has 0 spiro atoms. The van der Waals surface area contributed by atoms with Crippen LogP contribution in [0.4, 0.5) is 0 Å². The van der Waals surface area contributed by atoms with Crippen LogP contribution in [0, 0.1) is 5.92 Å². The van der Waals surface area contributed by atoms with E-state index in [1.54, 1.807) is 13.3 Å². The molecule has 4 heteroatoms. The second-order valence-electron chi connectivity index (χ2n) is 5.21. The number of benzene rings is 1. The van der Waals surface area contributed by atoms with Crippen LogP contribution in [0.25, 0.3) is 0 Å². The number of hydrogen-bond donors (Lipinski definition) is 1. The summed E-state index contributed by atoms with van der Waals surface area (Å²) < 4.78 is 11.6. The van der Waals surface area contributed by atoms with Gasteiger partial charge in [-0.3, -0.25) is 0 Å². The van der Waals surface area contributed by atoms with Crippen molar-refractivity contribution in [3.63, 3.8) is 0 Å². The van der Waals surface area contributed by atoms with Crippen molar-refractivity contribution in [2.45, 2.75) is 12.5 Å². The van der Waals surface area contributed by atoms with Crippen molar-refractivity contribution >= 4 is 0 Å². The molecule has 110 valence electrons. The highest BCUT2D eigenvalue weighted by Gasteiger charge is 2.28. The van der Waals surface area contributed by atoms with Gasteiger partial charge in [0.15, 0.2) is 5.75 Å². The number of ether oxygens (including phenoxy) is 2. The Balaban J connectivity index is 1.88. The van der Waals surface area contributed by atoms with Crippen molar-refractivity contribution in [1.29, 1.82) is 0 Å². The minimum absolute atomic E-state index is 0.0132. The van der Waals surface area contributed by atoms with Crippen molar-refractivity contribution in [2.75, 3.05) is 20.2 Å². The Morgan fingerprint density at radius 2 is 2.05 bits per heavy atom. The molecule has 3 rings (SSSR count). The van der Waals surface area contributed by atoms with Crippen LogP contribution in [0.15, 0.2) is 48.7 Å². The van der Waals surface area contributed by atoms with Gasteiger partial charge in [-0.05, 0) is 30.7 Å². The third-order valence-corrected chi connectivity index (χ3v) is 3.84. The molecule has 1 saturated heterocycles. The zero-order valence-electron chi connectivity index (χ0n) is 12.2. The molecular weight excluding hydrogens is 264 g/mol. The average molecular weight is 284 g/mol. The smallest absolute Gasteiger partial charge is 0.256 e. The molecule has 2 atom stereocenters. The van der Waals surface area contributed by atoms with E-state index in [9.17, 15) is 0 Å². The van der Waals surface area contributed by atoms with Crippen LogP contribution < -0.4 is 14.8 Å². The van der Waals surface area contributed by atoms with Crippen molar-refractivity contribution in [1.82, 2.24) is 10.3 Å². The maximum absolute atomic E-state index is 6.28. The summed E-state index contributed by atoms with van der Waals surface area (Å²) in [6, 6.07) is 14.1. The average Bonchev–Trinajstić information content (AvgIpc) is 3.08. The number of rotatable bonds is 5. The van der Waals surface area contributed by atoms with E-state index >= 15 is 0 Å². The van der Waals surface area contributed by atoms with Gasteiger partial charge in [0.1, 0.15) is 6.10 Å². The first-order valence-electron chi connectivity index (χ1n) is 7.30. The van der Waals surface area contributed by atoms with Crippen molar-refractivity contribution < 1.29 is 9.47 Å². The fourth-order valence-corrected chi connectivity index (χ4v) is 2.77. The molecule has 1 aromatic heterocycles. The van der Waals surface area contributed by atoms with Gasteiger partial charge in [0, 0.05) is 18.7 Å². The zero-order valence-corrected chi connectivity index (χ0v) is 12.2. The van der Waals surface area contributed by atoms with Crippen molar-refractivity contribution in [3.05, 3.63) is 54.2 Å². The predicted molar refractivity (Wildman–Crippen MR) is 81.6 cm³/mol. The van der Waals surface area contributed by atoms with E-state index in [1.165, 1.54) is 5.56 Å². The largest absolute Gasteiger partial charge is 0.480 e. The molecule has 4 nitrogen and oxygen atoms in total. The molecule has 1 aromatic carbocycles. The van der Waals surface area contributed by atoms with E-state index in [-0.39, 0.29) is 6.10 Å². The van der Waals surface area contributed by atoms with Crippen molar-refractivity contribution in [3.8, 4) is 11.6 Å². The van der Waals surface area contributed by atoms with E-state index in [1.807, 2.05) is 18.2 Å². The van der Waals surface area contributed by atoms with Gasteiger partial charge in [0.25, 0.3) is 5.88 Å². The summed E-state index contributed by atoms with van der Waals surface area (Å²) >= 11 is 0. The van der Waals surface area contributed by atoms with Gasteiger partial charge in [-0.25, -0.2) is 4.98 Å². The molecule has 0 aliphatic carbocycles. The number of pyridine rings is 1. The lowest BCUT2D eigenvalue weighted by Crippen LogP contribution is -2.21. The van der Waals surface area contributed by atoms with Crippen LogP contribution in [-0.4, -0.2) is 25.2 Å². The molecule has 2 unspecified atom stereocenters. The van der Waals surface area contributed by atoms with Gasteiger partial charge < -0.3 is 14.8 Å². The van der Waals surface area contributed by atoms with E-state index < -0.39 is 0 Å². The van der Waals surface area contributed by atoms with Crippen LogP contribution in [0.2, 0.25) is 0 Å². The number of nitrogens with one attached hydrogen (secondary N) is 1. The third kappa shape index (κ3) is 3.16. The number of aromatic nitrogens is 1. The molecule has 21 heavy (non-hydrogen) atoms. The van der Waals surface area contributed by atoms with Crippen LogP contribution >= 0.6 is 0 Å². The van der Waals surface area contributed by atoms with E-state index in [0.717, 1.165) is 19.5 Å². The molecule has 0 bridgehead atoms. The first-order chi connectivity index (χ1) is 10.4. The molecular formula is C17H20N2O2. The standard InChI is InChI=1S/C17H20N2O2/c1-20-17-15(8-5-10-19-17)21-16(14-9-11-18-12-14)13-6-3-2-4-7-13/h2-8,10,14,16,18H,9,11-12H2,1H3. The lowest BCUT2D eigenvalue weighted by Gasteiger charge is -2.25. The summed E-state index contributed by atoms with van der Waals surface area (Å²) in [5.41, 5.74) is 1.19. The molecule has 0 radical (unpaired) electrons. The van der Waals surface area contributed by atoms with Crippen LogP contribution in [0.3, 0.4) is 0 Å². The van der Waals surface area contributed by atoms with Gasteiger partial charge >= 0.3 is 0 Å². The Labute approximate surface area is 125 Å². The third-order valence-electron chi connectivity index (χ3n) is 3.84. The second-order valence-corrected chi connectivity index (χ2v) is 5.21. The first-order valence-corrected chi connectivity index (χ1v) is 7.30. The highest BCUT2D eigenvalue weighted by molar-refractivity contribution is 5.33. The minimum Gasteiger partial charge on any atom is -0.480 e. The molecule has 0 saturated carbocycles. The quantitative estimate of drug-likeness (QED) is 0.917. The van der Waals surface area contributed by atoms with E-state index in [0.29, 0.717) is 17.5 Å². The van der Waals surface area contributed by atoms with E-state index in [4.69, 9.17) is 9.47 Å². The Morgan fingerprint density at radius 3 is 2.76 bits per heavy atom. The van der Waals surface area contributed by atoms with Crippen LogP contribution in [-0.2, 0) is 0 Å². The number of hydrogen-bond acceptors (Lipinski definition) is 4.